The van der Waals surface area contributed by atoms with Crippen LogP contribution in [0.15, 0.2) is 48.5 Å². The van der Waals surface area contributed by atoms with E-state index in [0.717, 1.165) is 5.69 Å². The highest BCUT2D eigenvalue weighted by Crippen LogP contribution is 2.22. The summed E-state index contributed by atoms with van der Waals surface area (Å²) in [6.45, 7) is 0. The fourth-order valence-electron chi connectivity index (χ4n) is 1.58. The van der Waals surface area contributed by atoms with Gasteiger partial charge >= 0.3 is 6.03 Å². The van der Waals surface area contributed by atoms with Crippen LogP contribution in [0.1, 0.15) is 0 Å². The summed E-state index contributed by atoms with van der Waals surface area (Å²) >= 11 is 5.99. The van der Waals surface area contributed by atoms with Gasteiger partial charge in [0.2, 0.25) is 0 Å². The number of nitrogen functional groups attached to an aromatic ring is 1. The molecule has 0 bridgehead atoms. The van der Waals surface area contributed by atoms with Gasteiger partial charge in [-0.1, -0.05) is 23.7 Å². The molecule has 0 heterocycles. The van der Waals surface area contributed by atoms with E-state index in [1.54, 1.807) is 43.4 Å². The van der Waals surface area contributed by atoms with E-state index < -0.39 is 0 Å². The Bertz CT molecular complexity index is 583. The zero-order chi connectivity index (χ0) is 13.8. The molecule has 0 unspecified atom stereocenters. The van der Waals surface area contributed by atoms with Crippen molar-refractivity contribution in [2.24, 2.45) is 0 Å². The van der Waals surface area contributed by atoms with E-state index in [4.69, 9.17) is 17.3 Å². The van der Waals surface area contributed by atoms with Gasteiger partial charge in [0.05, 0.1) is 10.7 Å². The predicted molar refractivity (Wildman–Crippen MR) is 79.7 cm³/mol. The molecule has 19 heavy (non-hydrogen) atoms. The molecule has 4 nitrogen and oxygen atoms in total. The van der Waals surface area contributed by atoms with Crippen LogP contribution >= 0.6 is 11.6 Å². The molecule has 0 saturated carbocycles. The highest BCUT2D eigenvalue weighted by Gasteiger charge is 2.11. The van der Waals surface area contributed by atoms with Crippen molar-refractivity contribution in [3.05, 3.63) is 53.6 Å². The van der Waals surface area contributed by atoms with Crippen LogP contribution in [-0.4, -0.2) is 13.1 Å². The number of hydrogen-bond acceptors (Lipinski definition) is 2. The van der Waals surface area contributed by atoms with Crippen molar-refractivity contribution < 1.29 is 4.79 Å². The first kappa shape index (κ1) is 13.2. The molecule has 0 aromatic heterocycles. The van der Waals surface area contributed by atoms with Crippen molar-refractivity contribution in [3.8, 4) is 0 Å². The predicted octanol–water partition coefficient (Wildman–Crippen LogP) is 3.59. The number of carbonyl (C=O) groups is 1. The van der Waals surface area contributed by atoms with Gasteiger partial charge in [0.1, 0.15) is 0 Å². The minimum absolute atomic E-state index is 0.266. The van der Waals surface area contributed by atoms with Crippen LogP contribution in [0.3, 0.4) is 0 Å². The molecule has 0 aliphatic carbocycles. The van der Waals surface area contributed by atoms with Gasteiger partial charge in [0.15, 0.2) is 0 Å². The Kier molecular flexibility index (Phi) is 3.92. The number of nitrogens with two attached hydrogens (primary N) is 1. The van der Waals surface area contributed by atoms with E-state index in [1.165, 1.54) is 4.90 Å². The maximum Gasteiger partial charge on any atom is 0.326 e. The third kappa shape index (κ3) is 3.17. The summed E-state index contributed by atoms with van der Waals surface area (Å²) in [5, 5.41) is 3.25. The van der Waals surface area contributed by atoms with Crippen molar-refractivity contribution in [1.82, 2.24) is 0 Å². The molecular formula is C14H14ClN3O. The van der Waals surface area contributed by atoms with E-state index >= 15 is 0 Å². The Morgan fingerprint density at radius 2 is 1.79 bits per heavy atom. The van der Waals surface area contributed by atoms with Gasteiger partial charge < -0.3 is 11.1 Å². The Hall–Kier alpha value is -2.20. The topological polar surface area (TPSA) is 58.4 Å². The van der Waals surface area contributed by atoms with Crippen LogP contribution in [0, 0.1) is 0 Å². The fraction of sp³-hybridized carbons (Fsp3) is 0.0714. The van der Waals surface area contributed by atoms with E-state index in [2.05, 4.69) is 5.32 Å². The highest BCUT2D eigenvalue weighted by molar-refractivity contribution is 6.33. The number of benzene rings is 2. The maximum atomic E-state index is 12.1. The summed E-state index contributed by atoms with van der Waals surface area (Å²) in [6, 6.07) is 13.9. The largest absolute Gasteiger partial charge is 0.399 e. The van der Waals surface area contributed by atoms with Crippen molar-refractivity contribution in [3.63, 3.8) is 0 Å². The van der Waals surface area contributed by atoms with Crippen LogP contribution < -0.4 is 16.0 Å². The van der Waals surface area contributed by atoms with Crippen LogP contribution in [0.4, 0.5) is 21.9 Å². The molecule has 0 spiro atoms. The molecule has 0 aliphatic rings. The molecule has 2 rings (SSSR count). The molecule has 0 aliphatic heterocycles. The van der Waals surface area contributed by atoms with E-state index in [-0.39, 0.29) is 6.03 Å². The molecule has 98 valence electrons. The number of para-hydroxylation sites is 1. The molecule has 5 heteroatoms. The molecule has 3 N–H and O–H groups in total. The normalized spacial score (nSPS) is 10.0. The van der Waals surface area contributed by atoms with E-state index in [1.807, 2.05) is 12.1 Å². The molecule has 0 radical (unpaired) electrons. The smallest absolute Gasteiger partial charge is 0.326 e. The van der Waals surface area contributed by atoms with Crippen LogP contribution in [0.25, 0.3) is 0 Å². The number of halogens is 1. The third-order valence-electron chi connectivity index (χ3n) is 2.70. The quantitative estimate of drug-likeness (QED) is 0.823. The second-order valence-corrected chi connectivity index (χ2v) is 4.47. The van der Waals surface area contributed by atoms with Crippen LogP contribution in [0.5, 0.6) is 0 Å². The first-order valence-corrected chi connectivity index (χ1v) is 6.10. The maximum absolute atomic E-state index is 12.1. The summed E-state index contributed by atoms with van der Waals surface area (Å²) in [5.41, 5.74) is 7.59. The van der Waals surface area contributed by atoms with Crippen LogP contribution in [-0.2, 0) is 0 Å². The first-order chi connectivity index (χ1) is 9.08. The summed E-state index contributed by atoms with van der Waals surface area (Å²) in [7, 11) is 1.68. The number of hydrogen-bond donors (Lipinski definition) is 2. The van der Waals surface area contributed by atoms with E-state index in [9.17, 15) is 4.79 Å². The molecule has 2 aromatic rings. The minimum atomic E-state index is -0.266. The summed E-state index contributed by atoms with van der Waals surface area (Å²) in [6.07, 6.45) is 0. The van der Waals surface area contributed by atoms with Gasteiger partial charge in [-0.15, -0.1) is 0 Å². The lowest BCUT2D eigenvalue weighted by Crippen LogP contribution is -2.31. The van der Waals surface area contributed by atoms with Crippen molar-refractivity contribution in [2.75, 3.05) is 23.0 Å². The molecule has 0 saturated heterocycles. The van der Waals surface area contributed by atoms with Crippen molar-refractivity contribution in [2.45, 2.75) is 0 Å². The second-order valence-electron chi connectivity index (χ2n) is 4.06. The first-order valence-electron chi connectivity index (χ1n) is 5.72. The number of anilines is 3. The van der Waals surface area contributed by atoms with Crippen molar-refractivity contribution >= 4 is 34.7 Å². The van der Waals surface area contributed by atoms with Gasteiger partial charge in [-0.05, 0) is 36.4 Å². The van der Waals surface area contributed by atoms with Gasteiger partial charge in [0.25, 0.3) is 0 Å². The van der Waals surface area contributed by atoms with Gasteiger partial charge in [-0.25, -0.2) is 4.79 Å². The number of nitrogens with one attached hydrogen (secondary N) is 1. The molecule has 2 amide bonds. The van der Waals surface area contributed by atoms with E-state index in [0.29, 0.717) is 16.4 Å². The Morgan fingerprint density at radius 1 is 1.16 bits per heavy atom. The molecule has 2 aromatic carbocycles. The lowest BCUT2D eigenvalue weighted by Gasteiger charge is -2.18. The second kappa shape index (κ2) is 5.63. The lowest BCUT2D eigenvalue weighted by molar-refractivity contribution is 0.258. The average Bonchev–Trinajstić information content (AvgIpc) is 2.41. The molecule has 0 fully saturated rings. The average molecular weight is 276 g/mol. The third-order valence-corrected chi connectivity index (χ3v) is 3.03. The fourth-order valence-corrected chi connectivity index (χ4v) is 1.76. The number of urea groups is 1. The number of amides is 2. The monoisotopic (exact) mass is 275 g/mol. The number of rotatable bonds is 2. The summed E-state index contributed by atoms with van der Waals surface area (Å²) in [4.78, 5) is 13.6. The van der Waals surface area contributed by atoms with Gasteiger partial charge in [0, 0.05) is 18.4 Å². The number of nitrogens with zero attached hydrogens (tertiary/aromatic N) is 1. The highest BCUT2D eigenvalue weighted by atomic mass is 35.5. The Balaban J connectivity index is 2.12. The summed E-state index contributed by atoms with van der Waals surface area (Å²) < 4.78 is 0. The lowest BCUT2D eigenvalue weighted by atomic mass is 10.2. The minimum Gasteiger partial charge on any atom is -0.399 e. The van der Waals surface area contributed by atoms with Crippen molar-refractivity contribution in [1.29, 1.82) is 0 Å². The Labute approximate surface area is 116 Å². The molecule has 0 atom stereocenters. The zero-order valence-electron chi connectivity index (χ0n) is 10.4. The zero-order valence-corrected chi connectivity index (χ0v) is 11.2. The number of carbonyl (C=O) groups excluding carboxylic acids is 1. The van der Waals surface area contributed by atoms with Gasteiger partial charge in [-0.2, -0.15) is 0 Å². The van der Waals surface area contributed by atoms with Gasteiger partial charge in [-0.3, -0.25) is 4.90 Å². The molecular weight excluding hydrogens is 262 g/mol. The summed E-state index contributed by atoms with van der Waals surface area (Å²) in [5.74, 6) is 0. The standard InChI is InChI=1S/C14H14ClN3O/c1-18(11-8-6-10(16)7-9-11)14(19)17-13-5-3-2-4-12(13)15/h2-9H,16H2,1H3,(H,17,19). The SMILES string of the molecule is CN(C(=O)Nc1ccccc1Cl)c1ccc(N)cc1. The Morgan fingerprint density at radius 3 is 2.42 bits per heavy atom. The van der Waals surface area contributed by atoms with Crippen LogP contribution in [0.2, 0.25) is 5.02 Å².